The van der Waals surface area contributed by atoms with Crippen LogP contribution in [0.3, 0.4) is 0 Å². The lowest BCUT2D eigenvalue weighted by molar-refractivity contribution is -0.384. The van der Waals surface area contributed by atoms with Crippen molar-refractivity contribution >= 4 is 5.69 Å². The molecule has 7 heteroatoms. The SMILES string of the molecule is O=[N+]([O-])c1ccc(CN(Cc2ccc(OC(F)F)cc2)C2CC2)cc1. The summed E-state index contributed by atoms with van der Waals surface area (Å²) in [5.41, 5.74) is 2.10. The Hall–Kier alpha value is -2.54. The monoisotopic (exact) mass is 348 g/mol. The van der Waals surface area contributed by atoms with Gasteiger partial charge in [0.15, 0.2) is 0 Å². The minimum Gasteiger partial charge on any atom is -0.435 e. The fraction of sp³-hybridized carbons (Fsp3) is 0.333. The third kappa shape index (κ3) is 4.96. The second kappa shape index (κ2) is 7.57. The standard InChI is InChI=1S/C18H18F2N2O3/c19-18(20)25-17-9-3-14(4-10-17)12-21(15-7-8-15)11-13-1-5-16(6-2-13)22(23)24/h1-6,9-10,15,18H,7-8,11-12H2. The first-order valence-corrected chi connectivity index (χ1v) is 8.02. The number of hydrogen-bond donors (Lipinski definition) is 0. The van der Waals surface area contributed by atoms with Gasteiger partial charge in [-0.15, -0.1) is 0 Å². The number of rotatable bonds is 8. The Balaban J connectivity index is 1.64. The zero-order chi connectivity index (χ0) is 17.8. The third-order valence-corrected chi connectivity index (χ3v) is 4.13. The van der Waals surface area contributed by atoms with Crippen molar-refractivity contribution in [2.45, 2.75) is 38.6 Å². The highest BCUT2D eigenvalue weighted by Gasteiger charge is 2.29. The molecule has 132 valence electrons. The highest BCUT2D eigenvalue weighted by atomic mass is 19.3. The minimum absolute atomic E-state index is 0.0799. The third-order valence-electron chi connectivity index (χ3n) is 4.13. The largest absolute Gasteiger partial charge is 0.435 e. The van der Waals surface area contributed by atoms with E-state index in [1.807, 2.05) is 0 Å². The smallest absolute Gasteiger partial charge is 0.387 e. The molecular formula is C18H18F2N2O3. The normalized spacial score (nSPS) is 14.1. The molecule has 0 heterocycles. The molecule has 1 saturated carbocycles. The number of hydrogen-bond acceptors (Lipinski definition) is 4. The van der Waals surface area contributed by atoms with E-state index < -0.39 is 11.5 Å². The molecule has 25 heavy (non-hydrogen) atoms. The highest BCUT2D eigenvalue weighted by molar-refractivity contribution is 5.33. The zero-order valence-electron chi connectivity index (χ0n) is 13.5. The predicted molar refractivity (Wildman–Crippen MR) is 88.4 cm³/mol. The molecule has 0 radical (unpaired) electrons. The highest BCUT2D eigenvalue weighted by Crippen LogP contribution is 2.30. The van der Waals surface area contributed by atoms with E-state index in [2.05, 4.69) is 9.64 Å². The van der Waals surface area contributed by atoms with Crippen LogP contribution in [0, 0.1) is 10.1 Å². The molecule has 0 aliphatic heterocycles. The fourth-order valence-electron chi connectivity index (χ4n) is 2.72. The fourth-order valence-corrected chi connectivity index (χ4v) is 2.72. The van der Waals surface area contributed by atoms with Gasteiger partial charge in [0.2, 0.25) is 0 Å². The van der Waals surface area contributed by atoms with E-state index in [0.29, 0.717) is 19.1 Å². The number of halogens is 2. The number of nitro groups is 1. The molecule has 1 aliphatic carbocycles. The van der Waals surface area contributed by atoms with E-state index in [4.69, 9.17) is 0 Å². The van der Waals surface area contributed by atoms with E-state index >= 15 is 0 Å². The first-order valence-electron chi connectivity index (χ1n) is 8.02. The van der Waals surface area contributed by atoms with Crippen LogP contribution in [0.1, 0.15) is 24.0 Å². The first kappa shape index (κ1) is 17.3. The van der Waals surface area contributed by atoms with Crippen molar-refractivity contribution in [2.24, 2.45) is 0 Å². The Kier molecular flexibility index (Phi) is 5.23. The van der Waals surface area contributed by atoms with Crippen molar-refractivity contribution in [1.82, 2.24) is 4.90 Å². The van der Waals surface area contributed by atoms with Crippen molar-refractivity contribution in [3.63, 3.8) is 0 Å². The van der Waals surface area contributed by atoms with Crippen LogP contribution in [0.2, 0.25) is 0 Å². The summed E-state index contributed by atoms with van der Waals surface area (Å²) in [6.07, 6.45) is 2.25. The number of nitro benzene ring substituents is 1. The van der Waals surface area contributed by atoms with Gasteiger partial charge >= 0.3 is 6.61 Å². The van der Waals surface area contributed by atoms with E-state index in [1.54, 1.807) is 36.4 Å². The van der Waals surface area contributed by atoms with Gasteiger partial charge < -0.3 is 4.74 Å². The molecule has 0 saturated heterocycles. The Morgan fingerprint density at radius 2 is 1.56 bits per heavy atom. The number of non-ortho nitro benzene ring substituents is 1. The number of nitrogens with zero attached hydrogens (tertiary/aromatic N) is 2. The molecule has 0 unspecified atom stereocenters. The van der Waals surface area contributed by atoms with Gasteiger partial charge in [0.1, 0.15) is 5.75 Å². The second-order valence-electron chi connectivity index (χ2n) is 6.08. The lowest BCUT2D eigenvalue weighted by Crippen LogP contribution is -2.25. The molecule has 0 bridgehead atoms. The average molecular weight is 348 g/mol. The topological polar surface area (TPSA) is 55.6 Å². The molecule has 0 atom stereocenters. The van der Waals surface area contributed by atoms with Gasteiger partial charge in [-0.1, -0.05) is 24.3 Å². The molecule has 0 N–H and O–H groups in total. The maximum Gasteiger partial charge on any atom is 0.387 e. The molecular weight excluding hydrogens is 330 g/mol. The summed E-state index contributed by atoms with van der Waals surface area (Å²) >= 11 is 0. The van der Waals surface area contributed by atoms with Gasteiger partial charge in [-0.2, -0.15) is 8.78 Å². The van der Waals surface area contributed by atoms with Gasteiger partial charge in [0.25, 0.3) is 5.69 Å². The molecule has 0 amide bonds. The second-order valence-corrected chi connectivity index (χ2v) is 6.08. The molecule has 3 rings (SSSR count). The van der Waals surface area contributed by atoms with Gasteiger partial charge in [-0.05, 0) is 36.1 Å². The van der Waals surface area contributed by atoms with Crippen molar-refractivity contribution in [3.05, 3.63) is 69.8 Å². The Morgan fingerprint density at radius 3 is 2.00 bits per heavy atom. The minimum atomic E-state index is -2.82. The lowest BCUT2D eigenvalue weighted by atomic mass is 10.1. The summed E-state index contributed by atoms with van der Waals surface area (Å²) in [6, 6.07) is 13.7. The molecule has 5 nitrogen and oxygen atoms in total. The number of benzene rings is 2. The van der Waals surface area contributed by atoms with Gasteiger partial charge in [0.05, 0.1) is 4.92 Å². The van der Waals surface area contributed by atoms with Crippen molar-refractivity contribution in [1.29, 1.82) is 0 Å². The molecule has 0 spiro atoms. The lowest BCUT2D eigenvalue weighted by Gasteiger charge is -2.22. The molecule has 2 aromatic carbocycles. The molecule has 1 aliphatic rings. The van der Waals surface area contributed by atoms with E-state index in [1.165, 1.54) is 12.1 Å². The Bertz CT molecular complexity index is 716. The summed E-state index contributed by atoms with van der Waals surface area (Å²) in [6.45, 7) is -1.44. The van der Waals surface area contributed by atoms with Crippen LogP contribution in [-0.2, 0) is 13.1 Å². The van der Waals surface area contributed by atoms with Crippen LogP contribution in [0.25, 0.3) is 0 Å². The Morgan fingerprint density at radius 1 is 1.04 bits per heavy atom. The summed E-state index contributed by atoms with van der Waals surface area (Å²) in [7, 11) is 0. The number of alkyl halides is 2. The van der Waals surface area contributed by atoms with Gasteiger partial charge in [-0.3, -0.25) is 15.0 Å². The van der Waals surface area contributed by atoms with E-state index in [9.17, 15) is 18.9 Å². The molecule has 0 aromatic heterocycles. The summed E-state index contributed by atoms with van der Waals surface area (Å²) < 4.78 is 28.7. The van der Waals surface area contributed by atoms with Crippen LogP contribution >= 0.6 is 0 Å². The van der Waals surface area contributed by atoms with Gasteiger partial charge in [0, 0.05) is 31.3 Å². The van der Waals surface area contributed by atoms with Crippen LogP contribution in [0.15, 0.2) is 48.5 Å². The van der Waals surface area contributed by atoms with E-state index in [-0.39, 0.29) is 11.4 Å². The van der Waals surface area contributed by atoms with Crippen LogP contribution < -0.4 is 4.74 Å². The van der Waals surface area contributed by atoms with Crippen LogP contribution in [0.5, 0.6) is 5.75 Å². The summed E-state index contributed by atoms with van der Waals surface area (Å²) in [5.74, 6) is 0.145. The van der Waals surface area contributed by atoms with E-state index in [0.717, 1.165) is 24.0 Å². The predicted octanol–water partition coefficient (Wildman–Crippen LogP) is 4.36. The average Bonchev–Trinajstić information content (AvgIpc) is 3.41. The maximum absolute atomic E-state index is 12.2. The zero-order valence-corrected chi connectivity index (χ0v) is 13.5. The van der Waals surface area contributed by atoms with Crippen LogP contribution in [0.4, 0.5) is 14.5 Å². The van der Waals surface area contributed by atoms with Crippen molar-refractivity contribution in [2.75, 3.05) is 0 Å². The van der Waals surface area contributed by atoms with Crippen LogP contribution in [-0.4, -0.2) is 22.5 Å². The Labute approximate surface area is 144 Å². The van der Waals surface area contributed by atoms with Crippen molar-refractivity contribution < 1.29 is 18.4 Å². The van der Waals surface area contributed by atoms with Crippen molar-refractivity contribution in [3.8, 4) is 5.75 Å². The quantitative estimate of drug-likeness (QED) is 0.525. The number of ether oxygens (including phenoxy) is 1. The first-order chi connectivity index (χ1) is 12.0. The summed E-state index contributed by atoms with van der Waals surface area (Å²) in [5, 5.41) is 10.7. The summed E-state index contributed by atoms with van der Waals surface area (Å²) in [4.78, 5) is 12.6. The maximum atomic E-state index is 12.2. The van der Waals surface area contributed by atoms with Gasteiger partial charge in [-0.25, -0.2) is 0 Å². The molecule has 2 aromatic rings. The molecule has 1 fully saturated rings.